The Kier molecular flexibility index (Phi) is 5.19. The van der Waals surface area contributed by atoms with Crippen LogP contribution in [0.5, 0.6) is 0 Å². The highest BCUT2D eigenvalue weighted by molar-refractivity contribution is 5.59. The average Bonchev–Trinajstić information content (AvgIpc) is 3.35. The Bertz CT molecular complexity index is 872. The van der Waals surface area contributed by atoms with Gasteiger partial charge in [-0.3, -0.25) is 4.90 Å². The van der Waals surface area contributed by atoms with Gasteiger partial charge in [-0.2, -0.15) is 9.50 Å². The molecule has 0 bridgehead atoms. The first kappa shape index (κ1) is 17.7. The fourth-order valence-electron chi connectivity index (χ4n) is 3.13. The summed E-state index contributed by atoms with van der Waals surface area (Å²) in [6, 6.07) is 5.50. The molecule has 0 amide bonds. The third kappa shape index (κ3) is 3.87. The summed E-state index contributed by atoms with van der Waals surface area (Å²) in [5.74, 6) is 2.18. The summed E-state index contributed by atoms with van der Waals surface area (Å²) >= 11 is 0. The molecule has 0 saturated carbocycles. The zero-order chi connectivity index (χ0) is 18.6. The fraction of sp³-hybridized carbons (Fsp3) is 0.471. The number of aromatic nitrogens is 4. The quantitative estimate of drug-likeness (QED) is 0.556. The number of nitrogens with two attached hydrogens (primary N) is 1. The molecule has 10 heteroatoms. The minimum absolute atomic E-state index is 0.0631. The molecule has 27 heavy (non-hydrogen) atoms. The van der Waals surface area contributed by atoms with Gasteiger partial charge in [0.1, 0.15) is 5.82 Å². The first-order valence-electron chi connectivity index (χ1n) is 8.97. The number of aliphatic hydroxyl groups excluding tert-OH is 1. The number of hydrogen-bond donors (Lipinski definition) is 2. The second-order valence-corrected chi connectivity index (χ2v) is 6.32. The third-order valence-electron chi connectivity index (χ3n) is 4.56. The standard InChI is InChI=1S/C17H23N7O3/c18-17-20-14(23-5-3-22(4-6-23)7-10-26-11-8-25)12-15-19-16(21-24(15)17)13-2-1-9-27-13/h1-2,9,12,25H,3-8,10-11H2,(H2,18,20). The van der Waals surface area contributed by atoms with Crippen molar-refractivity contribution >= 4 is 17.4 Å². The summed E-state index contributed by atoms with van der Waals surface area (Å²) in [6.45, 7) is 5.48. The number of hydrogen-bond acceptors (Lipinski definition) is 9. The number of nitrogens with zero attached hydrogens (tertiary/aromatic N) is 6. The van der Waals surface area contributed by atoms with E-state index in [1.165, 1.54) is 4.52 Å². The molecule has 1 fully saturated rings. The van der Waals surface area contributed by atoms with Gasteiger partial charge in [-0.25, -0.2) is 4.98 Å². The number of fused-ring (bicyclic) bond motifs is 1. The molecule has 3 aromatic heterocycles. The molecule has 1 aliphatic rings. The van der Waals surface area contributed by atoms with Gasteiger partial charge < -0.3 is 24.9 Å². The number of rotatable bonds is 7. The Hall–Kier alpha value is -2.69. The summed E-state index contributed by atoms with van der Waals surface area (Å²) in [4.78, 5) is 13.5. The van der Waals surface area contributed by atoms with Crippen LogP contribution in [0.15, 0.2) is 28.9 Å². The first-order chi connectivity index (χ1) is 13.2. The maximum absolute atomic E-state index is 8.74. The lowest BCUT2D eigenvalue weighted by Crippen LogP contribution is -2.47. The molecule has 0 atom stereocenters. The molecule has 1 saturated heterocycles. The van der Waals surface area contributed by atoms with Crippen molar-refractivity contribution in [3.63, 3.8) is 0 Å². The summed E-state index contributed by atoms with van der Waals surface area (Å²) in [5, 5.41) is 13.1. The maximum Gasteiger partial charge on any atom is 0.225 e. The van der Waals surface area contributed by atoms with E-state index >= 15 is 0 Å². The minimum Gasteiger partial charge on any atom is -0.461 e. The van der Waals surface area contributed by atoms with Gasteiger partial charge in [-0.05, 0) is 12.1 Å². The summed E-state index contributed by atoms with van der Waals surface area (Å²) in [6.07, 6.45) is 1.59. The lowest BCUT2D eigenvalue weighted by Gasteiger charge is -2.35. The van der Waals surface area contributed by atoms with Crippen molar-refractivity contribution in [1.82, 2.24) is 24.5 Å². The monoisotopic (exact) mass is 373 g/mol. The van der Waals surface area contributed by atoms with E-state index in [1.807, 2.05) is 12.1 Å². The van der Waals surface area contributed by atoms with Gasteiger partial charge in [0.05, 0.1) is 26.1 Å². The molecule has 1 aliphatic heterocycles. The van der Waals surface area contributed by atoms with Crippen LogP contribution in [0.2, 0.25) is 0 Å². The van der Waals surface area contributed by atoms with E-state index in [0.717, 1.165) is 38.5 Å². The van der Waals surface area contributed by atoms with Crippen LogP contribution in [0, 0.1) is 0 Å². The molecular weight excluding hydrogens is 350 g/mol. The van der Waals surface area contributed by atoms with Crippen LogP contribution < -0.4 is 10.6 Å². The highest BCUT2D eigenvalue weighted by Gasteiger charge is 2.20. The van der Waals surface area contributed by atoms with Crippen LogP contribution in [0.4, 0.5) is 11.8 Å². The summed E-state index contributed by atoms with van der Waals surface area (Å²) < 4.78 is 12.2. The summed E-state index contributed by atoms with van der Waals surface area (Å²) in [7, 11) is 0. The van der Waals surface area contributed by atoms with E-state index in [0.29, 0.717) is 36.4 Å². The molecule has 0 aromatic carbocycles. The molecule has 144 valence electrons. The molecule has 3 aromatic rings. The third-order valence-corrected chi connectivity index (χ3v) is 4.56. The van der Waals surface area contributed by atoms with E-state index in [4.69, 9.17) is 20.0 Å². The van der Waals surface area contributed by atoms with E-state index in [-0.39, 0.29) is 6.61 Å². The zero-order valence-corrected chi connectivity index (χ0v) is 15.0. The van der Waals surface area contributed by atoms with Crippen LogP contribution in [0.25, 0.3) is 17.2 Å². The second-order valence-electron chi connectivity index (χ2n) is 6.32. The number of piperazine rings is 1. The molecule has 0 radical (unpaired) electrons. The highest BCUT2D eigenvalue weighted by atomic mass is 16.5. The van der Waals surface area contributed by atoms with E-state index in [1.54, 1.807) is 12.3 Å². The van der Waals surface area contributed by atoms with Crippen molar-refractivity contribution in [3.8, 4) is 11.6 Å². The molecule has 0 spiro atoms. The average molecular weight is 373 g/mol. The topological polar surface area (TPSA) is 118 Å². The van der Waals surface area contributed by atoms with Gasteiger partial charge in [0.25, 0.3) is 0 Å². The number of aliphatic hydroxyl groups is 1. The largest absolute Gasteiger partial charge is 0.461 e. The molecular formula is C17H23N7O3. The second kappa shape index (κ2) is 7.91. The van der Waals surface area contributed by atoms with E-state index in [9.17, 15) is 0 Å². The van der Waals surface area contributed by atoms with Gasteiger partial charge in [0.15, 0.2) is 11.4 Å². The van der Waals surface area contributed by atoms with Crippen LogP contribution in [-0.2, 0) is 4.74 Å². The lowest BCUT2D eigenvalue weighted by molar-refractivity contribution is 0.0724. The molecule has 10 nitrogen and oxygen atoms in total. The Labute approximate surface area is 156 Å². The maximum atomic E-state index is 8.74. The predicted molar refractivity (Wildman–Crippen MR) is 99.5 cm³/mol. The number of anilines is 2. The smallest absolute Gasteiger partial charge is 0.225 e. The minimum atomic E-state index is 0.0631. The van der Waals surface area contributed by atoms with E-state index in [2.05, 4.69) is 24.9 Å². The molecule has 4 rings (SSSR count). The Morgan fingerprint density at radius 1 is 1.19 bits per heavy atom. The van der Waals surface area contributed by atoms with Crippen molar-refractivity contribution in [3.05, 3.63) is 24.5 Å². The van der Waals surface area contributed by atoms with Crippen LogP contribution in [0.3, 0.4) is 0 Å². The van der Waals surface area contributed by atoms with Crippen molar-refractivity contribution in [1.29, 1.82) is 0 Å². The van der Waals surface area contributed by atoms with Gasteiger partial charge >= 0.3 is 0 Å². The lowest BCUT2D eigenvalue weighted by atomic mass is 10.3. The van der Waals surface area contributed by atoms with Crippen molar-refractivity contribution in [2.75, 3.05) is 63.2 Å². The van der Waals surface area contributed by atoms with Crippen molar-refractivity contribution < 1.29 is 14.3 Å². The molecule has 0 aliphatic carbocycles. The van der Waals surface area contributed by atoms with Crippen LogP contribution in [0.1, 0.15) is 0 Å². The van der Waals surface area contributed by atoms with Gasteiger partial charge in [-0.15, -0.1) is 5.10 Å². The number of furan rings is 1. The fourth-order valence-corrected chi connectivity index (χ4v) is 3.13. The molecule has 0 unspecified atom stereocenters. The highest BCUT2D eigenvalue weighted by Crippen LogP contribution is 2.21. The summed E-state index contributed by atoms with van der Waals surface area (Å²) in [5.41, 5.74) is 6.74. The Morgan fingerprint density at radius 2 is 2.04 bits per heavy atom. The van der Waals surface area contributed by atoms with Crippen LogP contribution >= 0.6 is 0 Å². The SMILES string of the molecule is Nc1nc(N2CCN(CCOCCO)CC2)cc2nc(-c3ccco3)nn12. The Morgan fingerprint density at radius 3 is 2.78 bits per heavy atom. The first-order valence-corrected chi connectivity index (χ1v) is 8.97. The molecule has 4 heterocycles. The van der Waals surface area contributed by atoms with Gasteiger partial charge in [0, 0.05) is 38.8 Å². The van der Waals surface area contributed by atoms with E-state index < -0.39 is 0 Å². The van der Waals surface area contributed by atoms with Gasteiger partial charge in [-0.1, -0.05) is 0 Å². The van der Waals surface area contributed by atoms with Crippen LogP contribution in [-0.4, -0.2) is 82.1 Å². The number of nitrogen functional groups attached to an aromatic ring is 1. The normalized spacial score (nSPS) is 15.7. The molecule has 3 N–H and O–H groups in total. The zero-order valence-electron chi connectivity index (χ0n) is 15.0. The Balaban J connectivity index is 1.43. The van der Waals surface area contributed by atoms with Crippen molar-refractivity contribution in [2.24, 2.45) is 0 Å². The van der Waals surface area contributed by atoms with Crippen molar-refractivity contribution in [2.45, 2.75) is 0 Å². The van der Waals surface area contributed by atoms with Gasteiger partial charge in [0.2, 0.25) is 11.8 Å². The predicted octanol–water partition coefficient (Wildman–Crippen LogP) is 0.0974. The number of ether oxygens (including phenoxy) is 1.